The third kappa shape index (κ3) is 5.39. The van der Waals surface area contributed by atoms with Crippen molar-refractivity contribution in [2.75, 3.05) is 39.2 Å². The first-order valence-electron chi connectivity index (χ1n) is 12.5. The second-order valence-corrected chi connectivity index (χ2v) is 9.57. The van der Waals surface area contributed by atoms with E-state index in [0.717, 1.165) is 66.4 Å². The van der Waals surface area contributed by atoms with Gasteiger partial charge in [-0.2, -0.15) is 0 Å². The topological polar surface area (TPSA) is 54.4 Å². The molecule has 2 aromatic heterocycles. The molecule has 0 saturated carbocycles. The van der Waals surface area contributed by atoms with E-state index in [9.17, 15) is 0 Å². The Balaban J connectivity index is 1.38. The first-order valence-corrected chi connectivity index (χ1v) is 12.5. The van der Waals surface area contributed by atoms with Gasteiger partial charge < -0.3 is 9.64 Å². The van der Waals surface area contributed by atoms with Crippen LogP contribution in [0.5, 0.6) is 5.75 Å². The quantitative estimate of drug-likeness (QED) is 0.341. The Kier molecular flexibility index (Phi) is 7.23. The van der Waals surface area contributed by atoms with Gasteiger partial charge in [-0.3, -0.25) is 9.88 Å². The number of anilines is 1. The second-order valence-electron chi connectivity index (χ2n) is 9.57. The third-order valence-corrected chi connectivity index (χ3v) is 6.97. The fourth-order valence-corrected chi connectivity index (χ4v) is 4.88. The molecule has 5 rings (SSSR count). The molecule has 6 heteroatoms. The van der Waals surface area contributed by atoms with Crippen molar-refractivity contribution < 1.29 is 4.74 Å². The molecule has 0 atom stereocenters. The number of nitrogens with zero attached hydrogens (tertiary/aromatic N) is 5. The monoisotopic (exact) mass is 479 g/mol. The van der Waals surface area contributed by atoms with Crippen LogP contribution in [0.2, 0.25) is 0 Å². The van der Waals surface area contributed by atoms with Gasteiger partial charge in [-0.05, 0) is 73.5 Å². The highest BCUT2D eigenvalue weighted by Gasteiger charge is 2.25. The van der Waals surface area contributed by atoms with Crippen molar-refractivity contribution in [2.24, 2.45) is 0 Å². The van der Waals surface area contributed by atoms with Gasteiger partial charge in [0.25, 0.3) is 0 Å². The Morgan fingerprint density at radius 2 is 1.69 bits per heavy atom. The predicted octanol–water partition coefficient (Wildman–Crippen LogP) is 5.66. The van der Waals surface area contributed by atoms with Crippen LogP contribution in [-0.4, -0.2) is 54.1 Å². The molecule has 6 nitrogen and oxygen atoms in total. The van der Waals surface area contributed by atoms with Crippen LogP contribution in [0.4, 0.5) is 5.69 Å². The van der Waals surface area contributed by atoms with Crippen molar-refractivity contribution in [3.63, 3.8) is 0 Å². The minimum Gasteiger partial charge on any atom is -0.497 e. The molecule has 0 unspecified atom stereocenters. The van der Waals surface area contributed by atoms with Crippen molar-refractivity contribution >= 4 is 5.69 Å². The predicted molar refractivity (Wildman–Crippen MR) is 145 cm³/mol. The molecule has 1 fully saturated rings. The maximum atomic E-state index is 5.49. The van der Waals surface area contributed by atoms with Crippen molar-refractivity contribution in [2.45, 2.75) is 25.3 Å². The van der Waals surface area contributed by atoms with E-state index in [1.807, 2.05) is 30.5 Å². The largest absolute Gasteiger partial charge is 0.497 e. The van der Waals surface area contributed by atoms with Gasteiger partial charge in [0, 0.05) is 62.0 Å². The highest BCUT2D eigenvalue weighted by molar-refractivity contribution is 5.69. The number of likely N-dealkylation sites (tertiary alicyclic amines) is 1. The molecule has 36 heavy (non-hydrogen) atoms. The molecule has 3 heterocycles. The zero-order valence-electron chi connectivity index (χ0n) is 21.3. The summed E-state index contributed by atoms with van der Waals surface area (Å²) >= 11 is 0. The van der Waals surface area contributed by atoms with E-state index in [1.54, 1.807) is 19.5 Å². The van der Waals surface area contributed by atoms with E-state index < -0.39 is 0 Å². The lowest BCUT2D eigenvalue weighted by atomic mass is 9.88. The van der Waals surface area contributed by atoms with Crippen molar-refractivity contribution in [3.05, 3.63) is 90.5 Å². The Hall–Kier alpha value is -3.77. The Labute approximate surface area is 213 Å². The molecule has 4 aromatic rings. The summed E-state index contributed by atoms with van der Waals surface area (Å²) in [4.78, 5) is 18.7. The van der Waals surface area contributed by atoms with E-state index >= 15 is 0 Å². The standard InChI is InChI=1S/C30H33N5O/c1-34(2)26-9-7-22(8-10-26)21-35-17-13-23(14-18-35)29-28(25-5-4-6-27(19-25)36-3)20-32-30(33-29)24-11-15-31-16-12-24/h4-12,15-16,19-20,23H,13-14,17-18,21H2,1-3H3. The van der Waals surface area contributed by atoms with E-state index in [2.05, 4.69) is 65.3 Å². The minimum atomic E-state index is 0.377. The number of piperidine rings is 1. The summed E-state index contributed by atoms with van der Waals surface area (Å²) in [5, 5.41) is 0. The fraction of sp³-hybridized carbons (Fsp3) is 0.300. The molecule has 1 aliphatic heterocycles. The van der Waals surface area contributed by atoms with E-state index in [0.29, 0.717) is 5.92 Å². The van der Waals surface area contributed by atoms with Gasteiger partial charge in [-0.1, -0.05) is 24.3 Å². The molecular weight excluding hydrogens is 446 g/mol. The van der Waals surface area contributed by atoms with Gasteiger partial charge in [0.2, 0.25) is 0 Å². The molecule has 0 aliphatic carbocycles. The normalized spacial score (nSPS) is 14.5. The van der Waals surface area contributed by atoms with Crippen LogP contribution in [0.15, 0.2) is 79.3 Å². The number of methoxy groups -OCH3 is 1. The van der Waals surface area contributed by atoms with Crippen LogP contribution in [0.1, 0.15) is 30.0 Å². The number of pyridine rings is 1. The molecule has 1 aliphatic rings. The van der Waals surface area contributed by atoms with Crippen LogP contribution < -0.4 is 9.64 Å². The number of ether oxygens (including phenoxy) is 1. The van der Waals surface area contributed by atoms with E-state index in [-0.39, 0.29) is 0 Å². The molecule has 1 saturated heterocycles. The molecule has 2 aromatic carbocycles. The van der Waals surface area contributed by atoms with Crippen LogP contribution in [0, 0.1) is 0 Å². The van der Waals surface area contributed by atoms with Crippen molar-refractivity contribution in [3.8, 4) is 28.3 Å². The number of benzene rings is 2. The maximum absolute atomic E-state index is 5.49. The number of hydrogen-bond acceptors (Lipinski definition) is 6. The average Bonchev–Trinajstić information content (AvgIpc) is 2.94. The minimum absolute atomic E-state index is 0.377. The van der Waals surface area contributed by atoms with Crippen molar-refractivity contribution in [1.82, 2.24) is 19.9 Å². The number of rotatable bonds is 7. The summed E-state index contributed by atoms with van der Waals surface area (Å²) in [6.07, 6.45) is 7.69. The van der Waals surface area contributed by atoms with Gasteiger partial charge in [-0.15, -0.1) is 0 Å². The number of aromatic nitrogens is 3. The molecular formula is C30H33N5O. The van der Waals surface area contributed by atoms with Gasteiger partial charge in [-0.25, -0.2) is 9.97 Å². The highest BCUT2D eigenvalue weighted by Crippen LogP contribution is 2.36. The zero-order chi connectivity index (χ0) is 24.9. The van der Waals surface area contributed by atoms with Gasteiger partial charge >= 0.3 is 0 Å². The smallest absolute Gasteiger partial charge is 0.159 e. The molecule has 184 valence electrons. The van der Waals surface area contributed by atoms with Gasteiger partial charge in [0.05, 0.1) is 12.8 Å². The molecule has 0 bridgehead atoms. The highest BCUT2D eigenvalue weighted by atomic mass is 16.5. The summed E-state index contributed by atoms with van der Waals surface area (Å²) in [6, 6.07) is 21.0. The summed E-state index contributed by atoms with van der Waals surface area (Å²) in [6.45, 7) is 3.08. The fourth-order valence-electron chi connectivity index (χ4n) is 4.88. The lowest BCUT2D eigenvalue weighted by molar-refractivity contribution is 0.203. The Morgan fingerprint density at radius 1 is 0.944 bits per heavy atom. The van der Waals surface area contributed by atoms with E-state index in [1.165, 1.54) is 11.3 Å². The molecule has 0 amide bonds. The van der Waals surface area contributed by atoms with Crippen LogP contribution in [-0.2, 0) is 6.54 Å². The van der Waals surface area contributed by atoms with Crippen molar-refractivity contribution in [1.29, 1.82) is 0 Å². The van der Waals surface area contributed by atoms with Crippen LogP contribution >= 0.6 is 0 Å². The van der Waals surface area contributed by atoms with E-state index in [4.69, 9.17) is 14.7 Å². The zero-order valence-corrected chi connectivity index (χ0v) is 21.3. The number of hydrogen-bond donors (Lipinski definition) is 0. The molecule has 0 spiro atoms. The molecule has 0 N–H and O–H groups in total. The lowest BCUT2D eigenvalue weighted by Crippen LogP contribution is -2.33. The second kappa shape index (κ2) is 10.9. The summed E-state index contributed by atoms with van der Waals surface area (Å²) < 4.78 is 5.49. The van der Waals surface area contributed by atoms with Crippen LogP contribution in [0.25, 0.3) is 22.5 Å². The Bertz CT molecular complexity index is 1280. The molecule has 0 radical (unpaired) electrons. The summed E-state index contributed by atoms with van der Waals surface area (Å²) in [7, 11) is 5.85. The lowest BCUT2D eigenvalue weighted by Gasteiger charge is -2.32. The first-order chi connectivity index (χ1) is 17.6. The summed E-state index contributed by atoms with van der Waals surface area (Å²) in [5.74, 6) is 1.97. The Morgan fingerprint density at radius 3 is 2.39 bits per heavy atom. The van der Waals surface area contributed by atoms with Crippen LogP contribution in [0.3, 0.4) is 0 Å². The SMILES string of the molecule is COc1cccc(-c2cnc(-c3ccncc3)nc2C2CCN(Cc3ccc(N(C)C)cc3)CC2)c1. The van der Waals surface area contributed by atoms with Gasteiger partial charge in [0.1, 0.15) is 5.75 Å². The third-order valence-electron chi connectivity index (χ3n) is 6.97. The van der Waals surface area contributed by atoms with Gasteiger partial charge in [0.15, 0.2) is 5.82 Å². The maximum Gasteiger partial charge on any atom is 0.159 e. The summed E-state index contributed by atoms with van der Waals surface area (Å²) in [5.41, 5.74) is 6.88. The average molecular weight is 480 g/mol. The first kappa shape index (κ1) is 23.9.